The van der Waals surface area contributed by atoms with Crippen molar-refractivity contribution in [2.75, 3.05) is 5.32 Å². The molecule has 0 atom stereocenters. The fourth-order valence-corrected chi connectivity index (χ4v) is 1.56. The maximum atomic E-state index is 11.3. The summed E-state index contributed by atoms with van der Waals surface area (Å²) in [5.74, 6) is 0.0162. The number of nitro benzene ring substituents is 1. The summed E-state index contributed by atoms with van der Waals surface area (Å²) in [4.78, 5) is 21.4. The van der Waals surface area contributed by atoms with Gasteiger partial charge < -0.3 is 5.32 Å². The number of anilines is 1. The van der Waals surface area contributed by atoms with E-state index < -0.39 is 4.92 Å². The van der Waals surface area contributed by atoms with Crippen molar-refractivity contribution >= 4 is 34.6 Å². The number of hydrogen-bond acceptors (Lipinski definition) is 4. The highest BCUT2D eigenvalue weighted by molar-refractivity contribution is 7.80. The smallest absolute Gasteiger partial charge is 0.269 e. The lowest BCUT2D eigenvalue weighted by atomic mass is 10.3. The number of thiocarbonyl (C=S) groups is 1. The van der Waals surface area contributed by atoms with Crippen molar-refractivity contribution in [1.29, 1.82) is 0 Å². The van der Waals surface area contributed by atoms with Gasteiger partial charge in [0.05, 0.1) is 4.92 Å². The van der Waals surface area contributed by atoms with Crippen molar-refractivity contribution in [3.63, 3.8) is 0 Å². The van der Waals surface area contributed by atoms with E-state index in [1.807, 2.05) is 0 Å². The van der Waals surface area contributed by atoms with Crippen molar-refractivity contribution < 1.29 is 9.72 Å². The molecule has 1 aromatic rings. The Balaban J connectivity index is 1.80. The molecule has 2 rings (SSSR count). The van der Waals surface area contributed by atoms with Gasteiger partial charge >= 0.3 is 0 Å². The molecule has 0 radical (unpaired) electrons. The lowest BCUT2D eigenvalue weighted by Crippen LogP contribution is -2.44. The predicted octanol–water partition coefficient (Wildman–Crippen LogP) is 1.32. The van der Waals surface area contributed by atoms with Gasteiger partial charge in [-0.2, -0.15) is 0 Å². The zero-order valence-electron chi connectivity index (χ0n) is 9.88. The van der Waals surface area contributed by atoms with E-state index >= 15 is 0 Å². The first-order valence-corrected chi connectivity index (χ1v) is 6.08. The zero-order valence-corrected chi connectivity index (χ0v) is 10.7. The van der Waals surface area contributed by atoms with Crippen molar-refractivity contribution in [3.8, 4) is 0 Å². The van der Waals surface area contributed by atoms with Gasteiger partial charge in [0.2, 0.25) is 5.91 Å². The van der Waals surface area contributed by atoms with Crippen LogP contribution in [0, 0.1) is 16.0 Å². The summed E-state index contributed by atoms with van der Waals surface area (Å²) in [7, 11) is 0. The summed E-state index contributed by atoms with van der Waals surface area (Å²) in [6, 6.07) is 5.81. The molecule has 1 aliphatic rings. The fourth-order valence-electron chi connectivity index (χ4n) is 1.39. The van der Waals surface area contributed by atoms with Crippen molar-refractivity contribution in [2.24, 2.45) is 5.92 Å². The average Bonchev–Trinajstić information content (AvgIpc) is 3.21. The fraction of sp³-hybridized carbons (Fsp3) is 0.273. The number of benzene rings is 1. The van der Waals surface area contributed by atoms with Gasteiger partial charge in [0.1, 0.15) is 0 Å². The summed E-state index contributed by atoms with van der Waals surface area (Å²) < 4.78 is 0. The molecular formula is C11H12N4O3S. The molecule has 100 valence electrons. The average molecular weight is 280 g/mol. The number of nitrogens with one attached hydrogen (secondary N) is 3. The van der Waals surface area contributed by atoms with E-state index in [4.69, 9.17) is 12.2 Å². The van der Waals surface area contributed by atoms with E-state index in [0.717, 1.165) is 12.8 Å². The van der Waals surface area contributed by atoms with Crippen LogP contribution in [0.25, 0.3) is 0 Å². The Bertz CT molecular complexity index is 513. The first-order chi connectivity index (χ1) is 9.06. The van der Waals surface area contributed by atoms with Crippen LogP contribution in [0.2, 0.25) is 0 Å². The number of carbonyl (C=O) groups excluding carboxylic acids is 1. The molecule has 0 heterocycles. The first kappa shape index (κ1) is 13.2. The summed E-state index contributed by atoms with van der Waals surface area (Å²) in [6.45, 7) is 0. The minimum Gasteiger partial charge on any atom is -0.331 e. The lowest BCUT2D eigenvalue weighted by molar-refractivity contribution is -0.384. The number of nitrogens with zero attached hydrogens (tertiary/aromatic N) is 1. The van der Waals surface area contributed by atoms with Gasteiger partial charge in [-0.25, -0.2) is 0 Å². The van der Waals surface area contributed by atoms with Crippen molar-refractivity contribution in [1.82, 2.24) is 10.9 Å². The highest BCUT2D eigenvalue weighted by Crippen LogP contribution is 2.28. The summed E-state index contributed by atoms with van der Waals surface area (Å²) in [5.41, 5.74) is 5.68. The van der Waals surface area contributed by atoms with Crippen LogP contribution in [0.3, 0.4) is 0 Å². The normalized spacial score (nSPS) is 13.5. The van der Waals surface area contributed by atoms with Crippen LogP contribution in [0.4, 0.5) is 11.4 Å². The van der Waals surface area contributed by atoms with Gasteiger partial charge in [-0.3, -0.25) is 25.8 Å². The molecule has 1 saturated carbocycles. The predicted molar refractivity (Wildman–Crippen MR) is 73.3 cm³/mol. The minimum atomic E-state index is -0.476. The molecule has 3 N–H and O–H groups in total. The maximum Gasteiger partial charge on any atom is 0.269 e. The molecule has 1 fully saturated rings. The molecule has 1 aromatic carbocycles. The second-order valence-electron chi connectivity index (χ2n) is 4.15. The molecule has 7 nitrogen and oxygen atoms in total. The molecule has 0 bridgehead atoms. The van der Waals surface area contributed by atoms with E-state index in [2.05, 4.69) is 16.2 Å². The standard InChI is InChI=1S/C11H12N4O3S/c16-10(7-1-2-7)13-14-11(19)12-8-3-5-9(6-4-8)15(17)18/h3-7H,1-2H2,(H,13,16)(H2,12,14,19). The Morgan fingerprint density at radius 3 is 2.42 bits per heavy atom. The van der Waals surface area contributed by atoms with Gasteiger partial charge in [-0.1, -0.05) is 0 Å². The lowest BCUT2D eigenvalue weighted by Gasteiger charge is -2.11. The Labute approximate surface area is 114 Å². The second kappa shape index (κ2) is 5.61. The molecule has 1 aliphatic carbocycles. The van der Waals surface area contributed by atoms with Crippen molar-refractivity contribution in [2.45, 2.75) is 12.8 Å². The Morgan fingerprint density at radius 2 is 1.89 bits per heavy atom. The van der Waals surface area contributed by atoms with Crippen LogP contribution >= 0.6 is 12.2 Å². The van der Waals surface area contributed by atoms with E-state index in [9.17, 15) is 14.9 Å². The van der Waals surface area contributed by atoms with Gasteiger partial charge in [-0.05, 0) is 37.2 Å². The van der Waals surface area contributed by atoms with Gasteiger partial charge in [-0.15, -0.1) is 0 Å². The number of rotatable bonds is 3. The molecule has 1 amide bonds. The first-order valence-electron chi connectivity index (χ1n) is 5.67. The topological polar surface area (TPSA) is 96.3 Å². The molecular weight excluding hydrogens is 268 g/mol. The Morgan fingerprint density at radius 1 is 1.26 bits per heavy atom. The van der Waals surface area contributed by atoms with E-state index in [0.29, 0.717) is 5.69 Å². The third kappa shape index (κ3) is 3.88. The van der Waals surface area contributed by atoms with Crippen LogP contribution in [0.5, 0.6) is 0 Å². The third-order valence-corrected chi connectivity index (χ3v) is 2.79. The van der Waals surface area contributed by atoms with Gasteiger partial charge in [0.25, 0.3) is 5.69 Å². The quantitative estimate of drug-likeness (QED) is 0.439. The number of amides is 1. The molecule has 19 heavy (non-hydrogen) atoms. The Hall–Kier alpha value is -2.22. The zero-order chi connectivity index (χ0) is 13.8. The van der Waals surface area contributed by atoms with E-state index in [1.165, 1.54) is 24.3 Å². The second-order valence-corrected chi connectivity index (χ2v) is 4.55. The van der Waals surface area contributed by atoms with Crippen LogP contribution in [0.1, 0.15) is 12.8 Å². The van der Waals surface area contributed by atoms with Crippen LogP contribution in [0.15, 0.2) is 24.3 Å². The molecule has 0 aliphatic heterocycles. The van der Waals surface area contributed by atoms with E-state index in [-0.39, 0.29) is 22.6 Å². The molecule has 0 saturated heterocycles. The number of hydrogen-bond donors (Lipinski definition) is 3. The highest BCUT2D eigenvalue weighted by Gasteiger charge is 2.29. The largest absolute Gasteiger partial charge is 0.331 e. The van der Waals surface area contributed by atoms with Crippen molar-refractivity contribution in [3.05, 3.63) is 34.4 Å². The molecule has 8 heteroatoms. The third-order valence-electron chi connectivity index (χ3n) is 2.58. The summed E-state index contributed by atoms with van der Waals surface area (Å²) in [6.07, 6.45) is 1.83. The van der Waals surface area contributed by atoms with Crippen LogP contribution in [-0.4, -0.2) is 15.9 Å². The Kier molecular flexibility index (Phi) is 3.91. The summed E-state index contributed by atoms with van der Waals surface area (Å²) >= 11 is 4.97. The number of hydrazine groups is 1. The maximum absolute atomic E-state index is 11.3. The van der Waals surface area contributed by atoms with E-state index in [1.54, 1.807) is 0 Å². The highest BCUT2D eigenvalue weighted by atomic mass is 32.1. The van der Waals surface area contributed by atoms with Crippen LogP contribution in [-0.2, 0) is 4.79 Å². The summed E-state index contributed by atoms with van der Waals surface area (Å²) in [5, 5.41) is 13.5. The molecule has 0 spiro atoms. The number of nitro groups is 1. The number of non-ortho nitro benzene ring substituents is 1. The molecule has 0 aromatic heterocycles. The van der Waals surface area contributed by atoms with Gasteiger partial charge in [0.15, 0.2) is 5.11 Å². The minimum absolute atomic E-state index is 0.00598. The SMILES string of the molecule is O=C(NNC(=S)Nc1ccc([N+](=O)[O-])cc1)C1CC1. The van der Waals surface area contributed by atoms with Gasteiger partial charge in [0, 0.05) is 23.7 Å². The molecule has 0 unspecified atom stereocenters. The van der Waals surface area contributed by atoms with Crippen LogP contribution < -0.4 is 16.2 Å². The monoisotopic (exact) mass is 280 g/mol. The number of carbonyl (C=O) groups is 1.